The second kappa shape index (κ2) is 9.78. The predicted molar refractivity (Wildman–Crippen MR) is 94.5 cm³/mol. The monoisotopic (exact) mass is 337 g/mol. The zero-order valence-corrected chi connectivity index (χ0v) is 14.6. The third kappa shape index (κ3) is 5.70. The van der Waals surface area contributed by atoms with E-state index in [4.69, 9.17) is 0 Å². The molecule has 1 atom stereocenters. The van der Waals surface area contributed by atoms with Crippen LogP contribution in [0.5, 0.6) is 0 Å². The van der Waals surface area contributed by atoms with E-state index in [0.717, 1.165) is 36.6 Å². The molecule has 6 heteroatoms. The number of piperidine rings is 1. The Kier molecular flexibility index (Phi) is 7.68. The maximum atomic E-state index is 12.1. The minimum absolute atomic E-state index is 0.0212. The van der Waals surface area contributed by atoms with Crippen LogP contribution < -0.4 is 5.32 Å². The van der Waals surface area contributed by atoms with E-state index in [1.54, 1.807) is 6.20 Å². The lowest BCUT2D eigenvalue weighted by molar-refractivity contribution is 0.0636. The van der Waals surface area contributed by atoms with Crippen molar-refractivity contribution in [2.45, 2.75) is 32.3 Å². The van der Waals surface area contributed by atoms with E-state index in [0.29, 0.717) is 13.1 Å². The molecule has 2 rings (SSSR count). The lowest BCUT2D eigenvalue weighted by Crippen LogP contribution is -2.45. The molecule has 23 heavy (non-hydrogen) atoms. The van der Waals surface area contributed by atoms with Crippen molar-refractivity contribution in [1.29, 1.82) is 0 Å². The Labute approximate surface area is 142 Å². The van der Waals surface area contributed by atoms with Gasteiger partial charge < -0.3 is 15.3 Å². The highest BCUT2D eigenvalue weighted by atomic mass is 32.2. The number of thioether (sulfide) groups is 1. The van der Waals surface area contributed by atoms with Gasteiger partial charge in [0.15, 0.2) is 0 Å². The summed E-state index contributed by atoms with van der Waals surface area (Å²) in [6.45, 7) is 4.28. The maximum Gasteiger partial charge on any atom is 0.317 e. The number of amides is 2. The van der Waals surface area contributed by atoms with E-state index in [9.17, 15) is 9.90 Å². The van der Waals surface area contributed by atoms with Gasteiger partial charge in [-0.2, -0.15) is 11.8 Å². The summed E-state index contributed by atoms with van der Waals surface area (Å²) < 4.78 is 0. The van der Waals surface area contributed by atoms with Gasteiger partial charge in [0.1, 0.15) is 0 Å². The summed E-state index contributed by atoms with van der Waals surface area (Å²) in [7, 11) is 0. The number of carbonyl (C=O) groups is 1. The van der Waals surface area contributed by atoms with Crippen LogP contribution in [-0.2, 0) is 0 Å². The van der Waals surface area contributed by atoms with Crippen molar-refractivity contribution >= 4 is 17.8 Å². The van der Waals surface area contributed by atoms with Gasteiger partial charge in [-0.15, -0.1) is 0 Å². The second-order valence-electron chi connectivity index (χ2n) is 5.87. The Balaban J connectivity index is 1.70. The predicted octanol–water partition coefficient (Wildman–Crippen LogP) is 2.68. The van der Waals surface area contributed by atoms with E-state index in [1.807, 2.05) is 34.9 Å². The fourth-order valence-corrected chi connectivity index (χ4v) is 3.54. The van der Waals surface area contributed by atoms with Crippen LogP contribution in [0.1, 0.15) is 38.0 Å². The summed E-state index contributed by atoms with van der Waals surface area (Å²) in [5, 5.41) is 13.4. The SMILES string of the molecule is CCCSCCNC(=O)N1CCC([C@H](O)c2ccccn2)CC1. The lowest BCUT2D eigenvalue weighted by Gasteiger charge is -2.34. The number of urea groups is 1. The maximum absolute atomic E-state index is 12.1. The molecule has 2 amide bonds. The van der Waals surface area contributed by atoms with Crippen LogP contribution in [0, 0.1) is 5.92 Å². The van der Waals surface area contributed by atoms with E-state index in [-0.39, 0.29) is 11.9 Å². The van der Waals surface area contributed by atoms with E-state index in [1.165, 1.54) is 6.42 Å². The topological polar surface area (TPSA) is 65.5 Å². The van der Waals surface area contributed by atoms with E-state index < -0.39 is 6.10 Å². The molecule has 0 unspecified atom stereocenters. The van der Waals surface area contributed by atoms with Crippen molar-refractivity contribution in [1.82, 2.24) is 15.2 Å². The number of likely N-dealkylation sites (tertiary alicyclic amines) is 1. The minimum Gasteiger partial charge on any atom is -0.387 e. The first kappa shape index (κ1) is 18.1. The molecule has 1 aliphatic heterocycles. The standard InChI is InChI=1S/C17H27N3O2S/c1-2-12-23-13-9-19-17(22)20-10-6-14(7-11-20)16(21)15-5-3-4-8-18-15/h3-5,8,14,16,21H,2,6-7,9-13H2,1H3,(H,19,22)/t16-/m0/s1. The Morgan fingerprint density at radius 2 is 2.22 bits per heavy atom. The molecule has 0 spiro atoms. The summed E-state index contributed by atoms with van der Waals surface area (Å²) in [5.74, 6) is 2.29. The highest BCUT2D eigenvalue weighted by Gasteiger charge is 2.28. The number of aromatic nitrogens is 1. The van der Waals surface area contributed by atoms with Crippen LogP contribution in [0.3, 0.4) is 0 Å². The van der Waals surface area contributed by atoms with Gasteiger partial charge in [0, 0.05) is 31.6 Å². The molecule has 1 aromatic heterocycles. The number of aliphatic hydroxyl groups excluding tert-OH is 1. The Morgan fingerprint density at radius 1 is 1.43 bits per heavy atom. The molecular formula is C17H27N3O2S. The summed E-state index contributed by atoms with van der Waals surface area (Å²) in [5.41, 5.74) is 0.725. The molecule has 0 bridgehead atoms. The van der Waals surface area contributed by atoms with E-state index in [2.05, 4.69) is 17.2 Å². The number of hydrogen-bond donors (Lipinski definition) is 2. The average molecular weight is 337 g/mol. The summed E-state index contributed by atoms with van der Waals surface area (Å²) >= 11 is 1.87. The molecule has 0 saturated carbocycles. The molecule has 0 aliphatic carbocycles. The first-order valence-electron chi connectivity index (χ1n) is 8.42. The Morgan fingerprint density at radius 3 is 2.87 bits per heavy atom. The van der Waals surface area contributed by atoms with Crippen molar-refractivity contribution in [2.75, 3.05) is 31.1 Å². The molecule has 5 nitrogen and oxygen atoms in total. The van der Waals surface area contributed by atoms with Crippen LogP contribution in [0.25, 0.3) is 0 Å². The normalized spacial score (nSPS) is 17.0. The van der Waals surface area contributed by atoms with Gasteiger partial charge in [0.05, 0.1) is 11.8 Å². The molecular weight excluding hydrogens is 310 g/mol. The largest absolute Gasteiger partial charge is 0.387 e. The zero-order valence-electron chi connectivity index (χ0n) is 13.8. The van der Waals surface area contributed by atoms with Crippen LogP contribution in [-0.4, -0.2) is 52.2 Å². The van der Waals surface area contributed by atoms with Gasteiger partial charge in [-0.05, 0) is 43.1 Å². The van der Waals surface area contributed by atoms with Gasteiger partial charge in [0.2, 0.25) is 0 Å². The van der Waals surface area contributed by atoms with Gasteiger partial charge in [-0.1, -0.05) is 13.0 Å². The first-order chi connectivity index (χ1) is 11.2. The number of carbonyl (C=O) groups excluding carboxylic acids is 1. The molecule has 1 aromatic rings. The van der Waals surface area contributed by atoms with Crippen LogP contribution in [0.2, 0.25) is 0 Å². The van der Waals surface area contributed by atoms with E-state index >= 15 is 0 Å². The highest BCUT2D eigenvalue weighted by molar-refractivity contribution is 7.99. The summed E-state index contributed by atoms with van der Waals surface area (Å²) in [4.78, 5) is 18.2. The third-order valence-corrected chi connectivity index (χ3v) is 5.32. The summed E-state index contributed by atoms with van der Waals surface area (Å²) in [6, 6.07) is 5.62. The fraction of sp³-hybridized carbons (Fsp3) is 0.647. The molecule has 1 fully saturated rings. The van der Waals surface area contributed by atoms with Crippen LogP contribution in [0.4, 0.5) is 4.79 Å². The van der Waals surface area contributed by atoms with Crippen molar-refractivity contribution in [3.63, 3.8) is 0 Å². The highest BCUT2D eigenvalue weighted by Crippen LogP contribution is 2.29. The Bertz CT molecular complexity index is 464. The van der Waals surface area contributed by atoms with Gasteiger partial charge in [-0.25, -0.2) is 4.79 Å². The van der Waals surface area contributed by atoms with Gasteiger partial charge >= 0.3 is 6.03 Å². The molecule has 1 saturated heterocycles. The number of hydrogen-bond acceptors (Lipinski definition) is 4. The zero-order chi connectivity index (χ0) is 16.5. The Hall–Kier alpha value is -1.27. The fourth-order valence-electron chi connectivity index (χ4n) is 2.80. The molecule has 0 aromatic carbocycles. The van der Waals surface area contributed by atoms with Crippen molar-refractivity contribution < 1.29 is 9.90 Å². The van der Waals surface area contributed by atoms with Crippen LogP contribution in [0.15, 0.2) is 24.4 Å². The van der Waals surface area contributed by atoms with Crippen molar-refractivity contribution in [2.24, 2.45) is 5.92 Å². The molecule has 2 heterocycles. The number of nitrogens with zero attached hydrogens (tertiary/aromatic N) is 2. The summed E-state index contributed by atoms with van der Waals surface area (Å²) in [6.07, 6.45) is 3.97. The van der Waals surface area contributed by atoms with Crippen LogP contribution >= 0.6 is 11.8 Å². The molecule has 128 valence electrons. The quantitative estimate of drug-likeness (QED) is 0.751. The lowest BCUT2D eigenvalue weighted by atomic mass is 9.89. The molecule has 0 radical (unpaired) electrons. The number of pyridine rings is 1. The second-order valence-corrected chi connectivity index (χ2v) is 7.09. The van der Waals surface area contributed by atoms with Gasteiger partial charge in [0.25, 0.3) is 0 Å². The minimum atomic E-state index is -0.535. The smallest absolute Gasteiger partial charge is 0.317 e. The number of nitrogens with one attached hydrogen (secondary N) is 1. The molecule has 1 aliphatic rings. The average Bonchev–Trinajstić information content (AvgIpc) is 2.61. The molecule has 2 N–H and O–H groups in total. The third-order valence-electron chi connectivity index (χ3n) is 4.14. The van der Waals surface area contributed by atoms with Crippen molar-refractivity contribution in [3.8, 4) is 0 Å². The first-order valence-corrected chi connectivity index (χ1v) is 9.57. The number of rotatable bonds is 7. The van der Waals surface area contributed by atoms with Gasteiger partial charge in [-0.3, -0.25) is 4.98 Å². The van der Waals surface area contributed by atoms with Crippen molar-refractivity contribution in [3.05, 3.63) is 30.1 Å². The number of aliphatic hydroxyl groups is 1.